The smallest absolute Gasteiger partial charge is 0.328 e. The number of esters is 1. The summed E-state index contributed by atoms with van der Waals surface area (Å²) in [6.07, 6.45) is -0.761. The minimum absolute atomic E-state index is 0.0274. The van der Waals surface area contributed by atoms with E-state index in [1.54, 1.807) is 0 Å². The number of nitrogens with zero attached hydrogens (tertiary/aromatic N) is 1. The van der Waals surface area contributed by atoms with Gasteiger partial charge in [-0.3, -0.25) is 4.90 Å². The van der Waals surface area contributed by atoms with Crippen molar-refractivity contribution in [2.45, 2.75) is 69.6 Å². The molecule has 4 N–H and O–H groups in total. The summed E-state index contributed by atoms with van der Waals surface area (Å²) in [7, 11) is 3.31. The number of aliphatic hydroxyl groups excluding tert-OH is 2. The predicted octanol–water partition coefficient (Wildman–Crippen LogP) is 7.03. The summed E-state index contributed by atoms with van der Waals surface area (Å²) in [6, 6.07) is 41.6. The Morgan fingerprint density at radius 1 is 0.804 bits per heavy atom. The van der Waals surface area contributed by atoms with Crippen molar-refractivity contribution >= 4 is 12.0 Å². The van der Waals surface area contributed by atoms with Crippen LogP contribution in [-0.2, 0) is 38.6 Å². The number of hydrogen-bond donors (Lipinski definition) is 4. The molecule has 56 heavy (non-hydrogen) atoms. The Labute approximate surface area is 329 Å². The number of hydrogen-bond acceptors (Lipinski definition) is 8. The molecule has 0 aliphatic carbocycles. The average Bonchev–Trinajstić information content (AvgIpc) is 3.25. The zero-order valence-corrected chi connectivity index (χ0v) is 32.1. The van der Waals surface area contributed by atoms with Crippen LogP contribution in [0.5, 0.6) is 0 Å². The molecule has 0 aromatic heterocycles. The van der Waals surface area contributed by atoms with Gasteiger partial charge in [0, 0.05) is 37.5 Å². The van der Waals surface area contributed by atoms with Crippen LogP contribution in [0.2, 0.25) is 0 Å². The first-order valence-corrected chi connectivity index (χ1v) is 19.0. The van der Waals surface area contributed by atoms with Gasteiger partial charge in [-0.25, -0.2) is 9.59 Å². The van der Waals surface area contributed by atoms with E-state index in [0.29, 0.717) is 19.4 Å². The van der Waals surface area contributed by atoms with E-state index in [9.17, 15) is 19.8 Å². The van der Waals surface area contributed by atoms with Crippen LogP contribution in [0.4, 0.5) is 4.79 Å². The van der Waals surface area contributed by atoms with Gasteiger partial charge in [0.05, 0.1) is 32.0 Å². The highest BCUT2D eigenvalue weighted by Crippen LogP contribution is 2.39. The lowest BCUT2D eigenvalue weighted by atomic mass is 9.98. The van der Waals surface area contributed by atoms with Crippen molar-refractivity contribution in [2.24, 2.45) is 0 Å². The molecule has 0 radical (unpaired) electrons. The number of carbonyl (C=O) groups excluding carboxylic acids is 2. The van der Waals surface area contributed by atoms with Gasteiger partial charge in [0.15, 0.2) is 6.29 Å². The van der Waals surface area contributed by atoms with Crippen LogP contribution in [0.25, 0.3) is 11.1 Å². The number of ether oxygens (including phenoxy) is 3. The Hall–Kier alpha value is -5.36. The van der Waals surface area contributed by atoms with E-state index >= 15 is 0 Å². The highest BCUT2D eigenvalue weighted by Gasteiger charge is 2.34. The minimum atomic E-state index is -0.821. The van der Waals surface area contributed by atoms with Gasteiger partial charge in [0.25, 0.3) is 0 Å². The Balaban J connectivity index is 1.11. The summed E-state index contributed by atoms with van der Waals surface area (Å²) in [5.74, 6) is -0.512. The number of carbonyl (C=O) groups is 2. The summed E-state index contributed by atoms with van der Waals surface area (Å²) < 4.78 is 18.1. The molecule has 1 saturated heterocycles. The zero-order chi connectivity index (χ0) is 39.4. The maximum absolute atomic E-state index is 12.8. The first-order valence-electron chi connectivity index (χ1n) is 19.0. The van der Waals surface area contributed by atoms with Crippen LogP contribution in [0.3, 0.4) is 0 Å². The van der Waals surface area contributed by atoms with Crippen molar-refractivity contribution in [1.29, 1.82) is 0 Å². The summed E-state index contributed by atoms with van der Waals surface area (Å²) >= 11 is 0. The third kappa shape index (κ3) is 10.7. The van der Waals surface area contributed by atoms with Crippen molar-refractivity contribution in [3.8, 4) is 11.1 Å². The minimum Gasteiger partial charge on any atom is -0.467 e. The number of likely N-dealkylation sites (N-methyl/N-ethyl adjacent to an activating group) is 1. The SMILES string of the molecule is COC(=O)[C@H](Cc1ccccc1)NC(=O)NCc1cccc(-c2ccc([C@H]3O[C@@H](CN(C)[C@H](C)[C@@H](O)c4ccccc4)C[C@@H](c4ccc(CO)cc4)O3)cc2)c1. The second-order valence-corrected chi connectivity index (χ2v) is 14.3. The molecule has 0 unspecified atom stereocenters. The molecule has 1 heterocycles. The molecule has 6 rings (SSSR count). The van der Waals surface area contributed by atoms with Gasteiger partial charge in [-0.1, -0.05) is 127 Å². The Kier molecular flexibility index (Phi) is 14.0. The van der Waals surface area contributed by atoms with E-state index < -0.39 is 30.4 Å². The molecular weight excluding hydrogens is 707 g/mol. The molecule has 292 valence electrons. The van der Waals surface area contributed by atoms with Gasteiger partial charge in [-0.05, 0) is 59.0 Å². The standard InChI is InChI=1S/C46H51N3O7/c1-31(43(51)37-14-8-5-9-15-37)49(2)29-40-27-42(36-19-17-33(30-50)18-20-36)56-45(55-40)38-23-21-35(22-24-38)39-16-10-13-34(25-39)28-47-46(53)48-41(44(52)54-3)26-32-11-6-4-7-12-32/h4-25,31,40-43,45,50-51H,26-30H2,1-3H3,(H2,47,48,53)/t31-,40-,41+,42+,43-,45+/m1/s1. The van der Waals surface area contributed by atoms with Crippen molar-refractivity contribution in [3.05, 3.63) is 167 Å². The maximum Gasteiger partial charge on any atom is 0.328 e. The van der Waals surface area contributed by atoms with E-state index in [-0.39, 0.29) is 31.4 Å². The number of benzene rings is 5. The molecular formula is C46H51N3O7. The fourth-order valence-electron chi connectivity index (χ4n) is 6.96. The van der Waals surface area contributed by atoms with Crippen LogP contribution in [0, 0.1) is 0 Å². The Morgan fingerprint density at radius 2 is 1.46 bits per heavy atom. The van der Waals surface area contributed by atoms with Crippen molar-refractivity contribution < 1.29 is 34.0 Å². The quantitative estimate of drug-likeness (QED) is 0.0839. The lowest BCUT2D eigenvalue weighted by Gasteiger charge is -2.39. The first-order chi connectivity index (χ1) is 27.2. The van der Waals surface area contributed by atoms with Crippen LogP contribution in [0.15, 0.2) is 133 Å². The number of urea groups is 1. The van der Waals surface area contributed by atoms with Crippen molar-refractivity contribution in [1.82, 2.24) is 15.5 Å². The second-order valence-electron chi connectivity index (χ2n) is 14.3. The first kappa shape index (κ1) is 40.3. The summed E-state index contributed by atoms with van der Waals surface area (Å²) in [6.45, 7) is 2.84. The van der Waals surface area contributed by atoms with E-state index in [0.717, 1.165) is 44.5 Å². The van der Waals surface area contributed by atoms with Crippen LogP contribution in [-0.4, -0.2) is 66.0 Å². The van der Waals surface area contributed by atoms with Crippen LogP contribution in [0.1, 0.15) is 65.2 Å². The molecule has 2 amide bonds. The molecule has 0 saturated carbocycles. The Morgan fingerprint density at radius 3 is 2.14 bits per heavy atom. The lowest BCUT2D eigenvalue weighted by molar-refractivity contribution is -0.253. The highest BCUT2D eigenvalue weighted by atomic mass is 16.7. The third-order valence-corrected chi connectivity index (χ3v) is 10.4. The predicted molar refractivity (Wildman–Crippen MR) is 215 cm³/mol. The molecule has 10 heteroatoms. The summed E-state index contributed by atoms with van der Waals surface area (Å²) in [5.41, 5.74) is 7.36. The van der Waals surface area contributed by atoms with E-state index in [1.807, 2.05) is 147 Å². The second kappa shape index (κ2) is 19.5. The molecule has 1 aliphatic rings. The van der Waals surface area contributed by atoms with Crippen LogP contribution >= 0.6 is 0 Å². The van der Waals surface area contributed by atoms with Gasteiger partial charge in [-0.15, -0.1) is 0 Å². The van der Waals surface area contributed by atoms with Crippen LogP contribution < -0.4 is 10.6 Å². The number of rotatable bonds is 15. The van der Waals surface area contributed by atoms with Gasteiger partial charge in [0.2, 0.25) is 0 Å². The van der Waals surface area contributed by atoms with Crippen molar-refractivity contribution in [3.63, 3.8) is 0 Å². The topological polar surface area (TPSA) is 130 Å². The maximum atomic E-state index is 12.8. The monoisotopic (exact) mass is 757 g/mol. The average molecular weight is 758 g/mol. The Bertz CT molecular complexity index is 1990. The third-order valence-electron chi connectivity index (χ3n) is 10.4. The largest absolute Gasteiger partial charge is 0.467 e. The van der Waals surface area contributed by atoms with Gasteiger partial charge >= 0.3 is 12.0 Å². The van der Waals surface area contributed by atoms with E-state index in [2.05, 4.69) is 15.5 Å². The van der Waals surface area contributed by atoms with E-state index in [4.69, 9.17) is 14.2 Å². The molecule has 10 nitrogen and oxygen atoms in total. The number of amides is 2. The highest BCUT2D eigenvalue weighted by molar-refractivity contribution is 5.83. The van der Waals surface area contributed by atoms with Gasteiger partial charge in [0.1, 0.15) is 6.04 Å². The lowest BCUT2D eigenvalue weighted by Crippen LogP contribution is -2.47. The molecule has 1 fully saturated rings. The van der Waals surface area contributed by atoms with E-state index in [1.165, 1.54) is 7.11 Å². The summed E-state index contributed by atoms with van der Waals surface area (Å²) in [5, 5.41) is 26.3. The fourth-order valence-corrected chi connectivity index (χ4v) is 6.96. The molecule has 0 bridgehead atoms. The number of aliphatic hydroxyl groups is 2. The number of nitrogens with one attached hydrogen (secondary N) is 2. The van der Waals surface area contributed by atoms with Gasteiger partial charge < -0.3 is 35.1 Å². The van der Waals surface area contributed by atoms with Crippen molar-refractivity contribution in [2.75, 3.05) is 20.7 Å². The molecule has 5 aromatic rings. The summed E-state index contributed by atoms with van der Waals surface area (Å²) in [4.78, 5) is 27.4. The molecule has 1 aliphatic heterocycles. The normalized spacial score (nSPS) is 18.4. The van der Waals surface area contributed by atoms with Gasteiger partial charge in [-0.2, -0.15) is 0 Å². The number of methoxy groups -OCH3 is 1. The fraction of sp³-hybridized carbons (Fsp3) is 0.304. The molecule has 6 atom stereocenters. The zero-order valence-electron chi connectivity index (χ0n) is 32.1. The molecule has 5 aromatic carbocycles. The molecule has 0 spiro atoms.